The number of ether oxygens (including phenoxy) is 2. The van der Waals surface area contributed by atoms with Gasteiger partial charge in [-0.25, -0.2) is 0 Å². The summed E-state index contributed by atoms with van der Waals surface area (Å²) in [4.78, 5) is 0. The van der Waals surface area contributed by atoms with Crippen LogP contribution in [0.25, 0.3) is 0 Å². The molecule has 1 saturated carbocycles. The normalized spacial score (nSPS) is 28.1. The van der Waals surface area contributed by atoms with E-state index in [2.05, 4.69) is 13.0 Å². The molecule has 1 aliphatic rings. The minimum absolute atomic E-state index is 0.136. The maximum absolute atomic E-state index is 6.59. The summed E-state index contributed by atoms with van der Waals surface area (Å²) >= 11 is 0. The third-order valence-corrected chi connectivity index (χ3v) is 4.65. The lowest BCUT2D eigenvalue weighted by molar-refractivity contribution is -0.0676. The first-order valence-corrected chi connectivity index (χ1v) is 7.65. The molecule has 1 aromatic carbocycles. The summed E-state index contributed by atoms with van der Waals surface area (Å²) in [6.07, 6.45) is 4.40. The van der Waals surface area contributed by atoms with Crippen molar-refractivity contribution < 1.29 is 9.47 Å². The lowest BCUT2D eigenvalue weighted by Gasteiger charge is -2.43. The fourth-order valence-corrected chi connectivity index (χ4v) is 3.20. The van der Waals surface area contributed by atoms with E-state index in [0.717, 1.165) is 30.1 Å². The second kappa shape index (κ2) is 6.59. The molecule has 0 aliphatic heterocycles. The molecule has 2 rings (SSSR count). The van der Waals surface area contributed by atoms with Crippen LogP contribution in [0.15, 0.2) is 24.3 Å². The van der Waals surface area contributed by atoms with E-state index >= 15 is 0 Å². The average molecular weight is 277 g/mol. The highest BCUT2D eigenvalue weighted by atomic mass is 16.5. The summed E-state index contributed by atoms with van der Waals surface area (Å²) in [7, 11) is 1.79. The largest absolute Gasteiger partial charge is 0.494 e. The van der Waals surface area contributed by atoms with Crippen LogP contribution in [-0.4, -0.2) is 19.3 Å². The van der Waals surface area contributed by atoms with E-state index in [9.17, 15) is 0 Å². The zero-order valence-corrected chi connectivity index (χ0v) is 12.9. The number of benzene rings is 1. The SMILES string of the molecule is CCOc1ccccc1C(N)C1(OC)CCC(C)CC1. The van der Waals surface area contributed by atoms with Crippen molar-refractivity contribution >= 4 is 0 Å². The van der Waals surface area contributed by atoms with Gasteiger partial charge in [-0.3, -0.25) is 0 Å². The first-order chi connectivity index (χ1) is 9.63. The van der Waals surface area contributed by atoms with Crippen LogP contribution < -0.4 is 10.5 Å². The molecule has 3 heteroatoms. The summed E-state index contributed by atoms with van der Waals surface area (Å²) in [6, 6.07) is 7.93. The molecule has 1 atom stereocenters. The topological polar surface area (TPSA) is 44.5 Å². The van der Waals surface area contributed by atoms with Crippen LogP contribution in [0.1, 0.15) is 51.1 Å². The van der Waals surface area contributed by atoms with Crippen LogP contribution in [0, 0.1) is 5.92 Å². The highest BCUT2D eigenvalue weighted by Crippen LogP contribution is 2.43. The Hall–Kier alpha value is -1.06. The highest BCUT2D eigenvalue weighted by molar-refractivity contribution is 5.37. The number of nitrogens with two attached hydrogens (primary N) is 1. The van der Waals surface area contributed by atoms with Gasteiger partial charge in [-0.2, -0.15) is 0 Å². The van der Waals surface area contributed by atoms with Crippen molar-refractivity contribution in [1.82, 2.24) is 0 Å². The van der Waals surface area contributed by atoms with Gasteiger partial charge in [-0.05, 0) is 44.6 Å². The van der Waals surface area contributed by atoms with Crippen molar-refractivity contribution in [3.8, 4) is 5.75 Å². The van der Waals surface area contributed by atoms with E-state index in [1.165, 1.54) is 12.8 Å². The quantitative estimate of drug-likeness (QED) is 0.893. The van der Waals surface area contributed by atoms with Crippen LogP contribution >= 0.6 is 0 Å². The molecule has 1 unspecified atom stereocenters. The lowest BCUT2D eigenvalue weighted by atomic mass is 9.73. The molecule has 0 radical (unpaired) electrons. The molecular weight excluding hydrogens is 250 g/mol. The smallest absolute Gasteiger partial charge is 0.124 e. The summed E-state index contributed by atoms with van der Waals surface area (Å²) in [5.41, 5.74) is 7.40. The van der Waals surface area contributed by atoms with E-state index in [1.54, 1.807) is 7.11 Å². The van der Waals surface area contributed by atoms with Gasteiger partial charge in [0.05, 0.1) is 18.2 Å². The molecule has 2 N–H and O–H groups in total. The molecular formula is C17H27NO2. The number of hydrogen-bond acceptors (Lipinski definition) is 3. The Balaban J connectivity index is 2.26. The first-order valence-electron chi connectivity index (χ1n) is 7.65. The molecule has 0 aromatic heterocycles. The first kappa shape index (κ1) is 15.3. The van der Waals surface area contributed by atoms with Crippen LogP contribution in [0.5, 0.6) is 5.75 Å². The number of methoxy groups -OCH3 is 1. The summed E-state index contributed by atoms with van der Waals surface area (Å²) in [6.45, 7) is 4.96. The standard InChI is InChI=1S/C17H27NO2/c1-4-20-15-8-6-5-7-14(15)16(18)17(19-3)11-9-13(2)10-12-17/h5-8,13,16H,4,9-12,18H2,1-3H3. The molecule has 0 saturated heterocycles. The fraction of sp³-hybridized carbons (Fsp3) is 0.647. The van der Waals surface area contributed by atoms with Crippen molar-refractivity contribution in [2.75, 3.05) is 13.7 Å². The molecule has 0 heterocycles. The Morgan fingerprint density at radius 1 is 1.30 bits per heavy atom. The lowest BCUT2D eigenvalue weighted by Crippen LogP contribution is -2.45. The Morgan fingerprint density at radius 2 is 1.95 bits per heavy atom. The fourth-order valence-electron chi connectivity index (χ4n) is 3.20. The minimum atomic E-state index is -0.250. The highest BCUT2D eigenvalue weighted by Gasteiger charge is 2.41. The average Bonchev–Trinajstić information content (AvgIpc) is 2.49. The zero-order chi connectivity index (χ0) is 14.6. The van der Waals surface area contributed by atoms with Crippen molar-refractivity contribution in [3.63, 3.8) is 0 Å². The Labute approximate surface area is 122 Å². The molecule has 0 amide bonds. The Kier molecular flexibility index (Phi) is 5.06. The second-order valence-corrected chi connectivity index (χ2v) is 5.90. The molecule has 1 aromatic rings. The number of para-hydroxylation sites is 1. The van der Waals surface area contributed by atoms with Gasteiger partial charge < -0.3 is 15.2 Å². The van der Waals surface area contributed by atoms with E-state index < -0.39 is 0 Å². The minimum Gasteiger partial charge on any atom is -0.494 e. The Morgan fingerprint density at radius 3 is 2.55 bits per heavy atom. The van der Waals surface area contributed by atoms with Gasteiger partial charge in [0.1, 0.15) is 5.75 Å². The van der Waals surface area contributed by atoms with Crippen molar-refractivity contribution in [1.29, 1.82) is 0 Å². The Bertz CT molecular complexity index is 425. The number of rotatable bonds is 5. The van der Waals surface area contributed by atoms with Crippen LogP contribution in [0.4, 0.5) is 0 Å². The van der Waals surface area contributed by atoms with Gasteiger partial charge >= 0.3 is 0 Å². The predicted octanol–water partition coefficient (Wildman–Crippen LogP) is 3.68. The monoisotopic (exact) mass is 277 g/mol. The maximum Gasteiger partial charge on any atom is 0.124 e. The van der Waals surface area contributed by atoms with Crippen molar-refractivity contribution in [2.45, 2.75) is 51.2 Å². The van der Waals surface area contributed by atoms with E-state index in [0.29, 0.717) is 6.61 Å². The van der Waals surface area contributed by atoms with Gasteiger partial charge in [0.2, 0.25) is 0 Å². The van der Waals surface area contributed by atoms with Crippen LogP contribution in [0.3, 0.4) is 0 Å². The van der Waals surface area contributed by atoms with Crippen LogP contribution in [0.2, 0.25) is 0 Å². The van der Waals surface area contributed by atoms with Gasteiger partial charge in [-0.1, -0.05) is 25.1 Å². The summed E-state index contributed by atoms with van der Waals surface area (Å²) in [5.74, 6) is 1.66. The molecule has 0 bridgehead atoms. The van der Waals surface area contributed by atoms with Gasteiger partial charge in [0.25, 0.3) is 0 Å². The van der Waals surface area contributed by atoms with Crippen LogP contribution in [-0.2, 0) is 4.74 Å². The van der Waals surface area contributed by atoms with E-state index in [-0.39, 0.29) is 11.6 Å². The van der Waals surface area contributed by atoms with Crippen molar-refractivity contribution in [3.05, 3.63) is 29.8 Å². The summed E-state index contributed by atoms with van der Waals surface area (Å²) in [5, 5.41) is 0. The van der Waals surface area contributed by atoms with Gasteiger partial charge in [-0.15, -0.1) is 0 Å². The summed E-state index contributed by atoms with van der Waals surface area (Å²) < 4.78 is 11.6. The molecule has 20 heavy (non-hydrogen) atoms. The maximum atomic E-state index is 6.59. The third-order valence-electron chi connectivity index (χ3n) is 4.65. The van der Waals surface area contributed by atoms with Crippen molar-refractivity contribution in [2.24, 2.45) is 11.7 Å². The zero-order valence-electron chi connectivity index (χ0n) is 12.9. The number of hydrogen-bond donors (Lipinski definition) is 1. The van der Waals surface area contributed by atoms with E-state index in [4.69, 9.17) is 15.2 Å². The molecule has 3 nitrogen and oxygen atoms in total. The molecule has 112 valence electrons. The van der Waals surface area contributed by atoms with E-state index in [1.807, 2.05) is 25.1 Å². The van der Waals surface area contributed by atoms with Gasteiger partial charge in [0.15, 0.2) is 0 Å². The molecule has 0 spiro atoms. The third kappa shape index (κ3) is 2.99. The predicted molar refractivity (Wildman–Crippen MR) is 81.9 cm³/mol. The molecule has 1 fully saturated rings. The molecule has 1 aliphatic carbocycles. The van der Waals surface area contributed by atoms with Gasteiger partial charge in [0, 0.05) is 12.7 Å². The second-order valence-electron chi connectivity index (χ2n) is 5.90.